The van der Waals surface area contributed by atoms with Crippen molar-refractivity contribution in [3.05, 3.63) is 129 Å². The van der Waals surface area contributed by atoms with Crippen LogP contribution in [-0.4, -0.2) is 8.07 Å². The number of rotatable bonds is 4. The van der Waals surface area contributed by atoms with E-state index in [0.717, 1.165) is 12.8 Å². The summed E-state index contributed by atoms with van der Waals surface area (Å²) in [6.07, 6.45) is 7.42. The van der Waals surface area contributed by atoms with Gasteiger partial charge in [-0.05, 0) is 92.4 Å². The fraction of sp³-hybridized carbons (Fsp3) is 0.300. The first-order valence-electron chi connectivity index (χ1n) is 15.2. The fourth-order valence-electron chi connectivity index (χ4n) is 8.70. The molecule has 208 valence electrons. The summed E-state index contributed by atoms with van der Waals surface area (Å²) >= 11 is 0. The Hall–Kier alpha value is -3.42. The molecular formula is C40H44Si. The number of hydrogen-bond acceptors (Lipinski definition) is 0. The van der Waals surface area contributed by atoms with E-state index in [1.807, 2.05) is 0 Å². The number of benzene rings is 4. The van der Waals surface area contributed by atoms with Crippen molar-refractivity contribution in [2.45, 2.75) is 78.3 Å². The Bertz CT molecular complexity index is 1590. The highest BCUT2D eigenvalue weighted by molar-refractivity contribution is 6.98. The Labute approximate surface area is 248 Å². The molecule has 0 heterocycles. The lowest BCUT2D eigenvalue weighted by molar-refractivity contribution is 0.622. The second kappa shape index (κ2) is 9.84. The van der Waals surface area contributed by atoms with Crippen LogP contribution in [-0.2, 0) is 12.8 Å². The van der Waals surface area contributed by atoms with Crippen LogP contribution in [0.5, 0.6) is 0 Å². The highest BCUT2D eigenvalue weighted by Gasteiger charge is 2.58. The van der Waals surface area contributed by atoms with E-state index in [0.29, 0.717) is 0 Å². The van der Waals surface area contributed by atoms with Crippen LogP contribution in [0.2, 0.25) is 10.1 Å². The minimum atomic E-state index is -2.28. The fourth-order valence-corrected chi connectivity index (χ4v) is 16.8. The van der Waals surface area contributed by atoms with E-state index in [4.69, 9.17) is 0 Å². The van der Waals surface area contributed by atoms with Gasteiger partial charge in [0, 0.05) is 0 Å². The van der Waals surface area contributed by atoms with E-state index in [1.165, 1.54) is 55.6 Å². The van der Waals surface area contributed by atoms with E-state index in [9.17, 15) is 0 Å². The Kier molecular flexibility index (Phi) is 6.66. The Morgan fingerprint density at radius 3 is 1.20 bits per heavy atom. The third-order valence-electron chi connectivity index (χ3n) is 9.88. The van der Waals surface area contributed by atoms with E-state index in [1.54, 1.807) is 10.4 Å². The van der Waals surface area contributed by atoms with Crippen LogP contribution >= 0.6 is 0 Å². The van der Waals surface area contributed by atoms with Crippen molar-refractivity contribution in [3.63, 3.8) is 0 Å². The minimum Gasteiger partial charge on any atom is -0.0699 e. The van der Waals surface area contributed by atoms with E-state index < -0.39 is 8.07 Å². The zero-order valence-corrected chi connectivity index (χ0v) is 27.2. The van der Waals surface area contributed by atoms with Gasteiger partial charge in [0.25, 0.3) is 0 Å². The molecule has 0 bridgehead atoms. The van der Waals surface area contributed by atoms with Crippen LogP contribution in [0.4, 0.5) is 0 Å². The maximum Gasteiger partial charge on any atom is 0.120 e. The molecule has 0 spiro atoms. The maximum atomic E-state index is 2.64. The van der Waals surface area contributed by atoms with Gasteiger partial charge < -0.3 is 0 Å². The zero-order chi connectivity index (χ0) is 29.2. The largest absolute Gasteiger partial charge is 0.120 e. The average Bonchev–Trinajstić information content (AvgIpc) is 3.52. The standard InChI is InChI=1S/C40H44Si/c1-27-15-9-11-19-33(27)35-21-13-17-29-23-31(25-37(29)35)41(39(3,4)5,40(6,7)8)32-24-30-18-14-22-36(38(30)26-32)34-20-12-10-16-28(34)2/h9-22,25-26H,23-24H2,1-8H3. The molecule has 0 aliphatic heterocycles. The maximum absolute atomic E-state index is 2.64. The van der Waals surface area contributed by atoms with Crippen molar-refractivity contribution in [1.82, 2.24) is 0 Å². The predicted octanol–water partition coefficient (Wildman–Crippen LogP) is 11.3. The number of fused-ring (bicyclic) bond motifs is 2. The molecule has 0 aromatic heterocycles. The van der Waals surface area contributed by atoms with Crippen molar-refractivity contribution in [2.75, 3.05) is 0 Å². The van der Waals surface area contributed by atoms with Gasteiger partial charge in [0.05, 0.1) is 0 Å². The predicted molar refractivity (Wildman–Crippen MR) is 182 cm³/mol. The molecule has 4 aromatic rings. The molecule has 41 heavy (non-hydrogen) atoms. The SMILES string of the molecule is Cc1ccccc1-c1cccc2c1C=C([Si](C1=Cc3c(cccc3-c3ccccc3C)C1)(C(C)(C)C)C(C)(C)C)C2. The first-order chi connectivity index (χ1) is 19.4. The van der Waals surface area contributed by atoms with Crippen molar-refractivity contribution in [3.8, 4) is 22.3 Å². The quantitative estimate of drug-likeness (QED) is 0.221. The van der Waals surface area contributed by atoms with E-state index in [2.05, 4.69) is 152 Å². The Balaban J connectivity index is 1.57. The average molecular weight is 553 g/mol. The zero-order valence-electron chi connectivity index (χ0n) is 26.2. The van der Waals surface area contributed by atoms with Crippen LogP contribution < -0.4 is 0 Å². The molecule has 0 nitrogen and oxygen atoms in total. The second-order valence-corrected chi connectivity index (χ2v) is 20.1. The van der Waals surface area contributed by atoms with Gasteiger partial charge in [-0.1, -0.05) is 149 Å². The van der Waals surface area contributed by atoms with Gasteiger partial charge in [-0.15, -0.1) is 0 Å². The summed E-state index contributed by atoms with van der Waals surface area (Å²) in [5, 5.41) is 3.70. The van der Waals surface area contributed by atoms with Crippen molar-refractivity contribution in [2.24, 2.45) is 0 Å². The van der Waals surface area contributed by atoms with Crippen LogP contribution in [0.3, 0.4) is 0 Å². The first-order valence-corrected chi connectivity index (χ1v) is 17.2. The highest BCUT2D eigenvalue weighted by Crippen LogP contribution is 2.62. The number of aryl methyl sites for hydroxylation is 2. The third-order valence-corrected chi connectivity index (χ3v) is 16.9. The number of hydrogen-bond donors (Lipinski definition) is 0. The molecule has 2 aliphatic rings. The van der Waals surface area contributed by atoms with Crippen molar-refractivity contribution >= 4 is 20.2 Å². The lowest BCUT2D eigenvalue weighted by atomic mass is 9.94. The summed E-state index contributed by atoms with van der Waals surface area (Å²) in [5.74, 6) is 0. The molecule has 6 rings (SSSR count). The summed E-state index contributed by atoms with van der Waals surface area (Å²) in [6.45, 7) is 19.7. The van der Waals surface area contributed by atoms with Crippen LogP contribution in [0.1, 0.15) is 74.9 Å². The van der Waals surface area contributed by atoms with Gasteiger partial charge in [-0.2, -0.15) is 0 Å². The van der Waals surface area contributed by atoms with Gasteiger partial charge in [0.15, 0.2) is 0 Å². The highest BCUT2D eigenvalue weighted by atomic mass is 28.3. The smallest absolute Gasteiger partial charge is 0.0699 e. The molecule has 0 saturated carbocycles. The lowest BCUT2D eigenvalue weighted by Gasteiger charge is -2.54. The molecule has 0 atom stereocenters. The van der Waals surface area contributed by atoms with Crippen LogP contribution in [0.15, 0.2) is 95.3 Å². The molecular weight excluding hydrogens is 509 g/mol. The molecule has 4 aromatic carbocycles. The van der Waals surface area contributed by atoms with E-state index >= 15 is 0 Å². The van der Waals surface area contributed by atoms with Gasteiger partial charge in [-0.3, -0.25) is 0 Å². The monoisotopic (exact) mass is 552 g/mol. The second-order valence-electron chi connectivity index (χ2n) is 14.3. The van der Waals surface area contributed by atoms with Gasteiger partial charge in [0.2, 0.25) is 0 Å². The summed E-state index contributed by atoms with van der Waals surface area (Å²) in [6, 6.07) is 31.7. The molecule has 2 aliphatic carbocycles. The van der Waals surface area contributed by atoms with Gasteiger partial charge >= 0.3 is 0 Å². The van der Waals surface area contributed by atoms with Gasteiger partial charge in [0.1, 0.15) is 8.07 Å². The van der Waals surface area contributed by atoms with Crippen LogP contribution in [0, 0.1) is 13.8 Å². The summed E-state index contributed by atoms with van der Waals surface area (Å²) < 4.78 is 0. The van der Waals surface area contributed by atoms with E-state index in [-0.39, 0.29) is 10.1 Å². The Morgan fingerprint density at radius 1 is 0.463 bits per heavy atom. The third kappa shape index (κ3) is 4.32. The van der Waals surface area contributed by atoms with Crippen molar-refractivity contribution in [1.29, 1.82) is 0 Å². The first kappa shape index (κ1) is 27.7. The molecule has 0 saturated heterocycles. The topological polar surface area (TPSA) is 0 Å². The normalized spacial score (nSPS) is 14.9. The molecule has 0 fully saturated rings. The Morgan fingerprint density at radius 2 is 0.829 bits per heavy atom. The molecule has 0 amide bonds. The van der Waals surface area contributed by atoms with Crippen LogP contribution in [0.25, 0.3) is 34.4 Å². The molecule has 1 heteroatoms. The molecule has 0 radical (unpaired) electrons. The minimum absolute atomic E-state index is 0.151. The summed E-state index contributed by atoms with van der Waals surface area (Å²) in [4.78, 5) is 0. The molecule has 0 N–H and O–H groups in total. The van der Waals surface area contributed by atoms with Crippen molar-refractivity contribution < 1.29 is 0 Å². The number of allylic oxidation sites excluding steroid dienone is 2. The van der Waals surface area contributed by atoms with Gasteiger partial charge in [-0.25, -0.2) is 0 Å². The summed E-state index contributed by atoms with van der Waals surface area (Å²) in [7, 11) is -2.28. The lowest BCUT2D eigenvalue weighted by Crippen LogP contribution is -2.56. The summed E-state index contributed by atoms with van der Waals surface area (Å²) in [5.41, 5.74) is 14.0. The molecule has 0 unspecified atom stereocenters.